The molecule has 9 nitrogen and oxygen atoms in total. The van der Waals surface area contributed by atoms with Gasteiger partial charge < -0.3 is 30.2 Å². The maximum absolute atomic E-state index is 13.8. The standard InChI is InChI=1S/C30H31N3O6/c1-37-29(38-2)26(35)24(20-34)39-30(29,33-19-18-25(31)32-27(33)36)28(21-12-6-3-7-13-21,22-14-8-4-9-15-22)23-16-10-5-11-17-23/h3-19,24,26,34-35H,20H2,1-2H3,(H2,31,32,36)/t24-,26-,30-/m1/s1. The van der Waals surface area contributed by atoms with Gasteiger partial charge in [0.1, 0.15) is 18.0 Å². The molecule has 9 heteroatoms. The van der Waals surface area contributed by atoms with Gasteiger partial charge in [-0.2, -0.15) is 4.98 Å². The molecule has 0 spiro atoms. The summed E-state index contributed by atoms with van der Waals surface area (Å²) in [5.41, 5.74) is 3.83. The van der Waals surface area contributed by atoms with Crippen molar-refractivity contribution in [2.75, 3.05) is 26.6 Å². The molecule has 1 fully saturated rings. The maximum atomic E-state index is 13.8. The molecule has 0 amide bonds. The van der Waals surface area contributed by atoms with Gasteiger partial charge in [0, 0.05) is 20.4 Å². The number of aliphatic hydroxyl groups excluding tert-OH is 2. The van der Waals surface area contributed by atoms with Crippen molar-refractivity contribution in [2.24, 2.45) is 0 Å². The molecule has 5 rings (SSSR count). The van der Waals surface area contributed by atoms with Crippen LogP contribution in [0.5, 0.6) is 0 Å². The van der Waals surface area contributed by atoms with E-state index < -0.39 is 41.4 Å². The lowest BCUT2D eigenvalue weighted by molar-refractivity contribution is -0.339. The van der Waals surface area contributed by atoms with E-state index in [9.17, 15) is 15.0 Å². The third-order valence-corrected chi connectivity index (χ3v) is 7.62. The van der Waals surface area contributed by atoms with Gasteiger partial charge in [0.05, 0.1) is 12.0 Å². The molecule has 3 atom stereocenters. The summed E-state index contributed by atoms with van der Waals surface area (Å²) in [6.07, 6.45) is -1.28. The van der Waals surface area contributed by atoms with Crippen LogP contribution in [0.3, 0.4) is 0 Å². The predicted molar refractivity (Wildman–Crippen MR) is 145 cm³/mol. The fraction of sp³-hybridized carbons (Fsp3) is 0.267. The molecular formula is C30H31N3O6. The summed E-state index contributed by atoms with van der Waals surface area (Å²) in [6, 6.07) is 29.9. The Kier molecular flexibility index (Phi) is 7.11. The molecule has 0 radical (unpaired) electrons. The Hall–Kier alpha value is -3.86. The van der Waals surface area contributed by atoms with E-state index in [4.69, 9.17) is 19.9 Å². The molecule has 3 aromatic carbocycles. The van der Waals surface area contributed by atoms with E-state index in [-0.39, 0.29) is 5.82 Å². The summed E-state index contributed by atoms with van der Waals surface area (Å²) >= 11 is 0. The quantitative estimate of drug-likeness (QED) is 0.234. The van der Waals surface area contributed by atoms with E-state index in [0.717, 1.165) is 0 Å². The van der Waals surface area contributed by atoms with Crippen LogP contribution in [0.15, 0.2) is 108 Å². The second-order valence-electron chi connectivity index (χ2n) is 9.36. The molecule has 0 aliphatic carbocycles. The number of ether oxygens (including phenoxy) is 3. The first kappa shape index (κ1) is 26.7. The second-order valence-corrected chi connectivity index (χ2v) is 9.36. The zero-order valence-corrected chi connectivity index (χ0v) is 21.7. The molecule has 1 aliphatic rings. The van der Waals surface area contributed by atoms with Crippen LogP contribution in [0.4, 0.5) is 5.82 Å². The van der Waals surface area contributed by atoms with E-state index in [1.807, 2.05) is 91.0 Å². The number of aliphatic hydroxyl groups is 2. The van der Waals surface area contributed by atoms with E-state index in [1.165, 1.54) is 31.0 Å². The number of hydrogen-bond acceptors (Lipinski definition) is 8. The maximum Gasteiger partial charge on any atom is 0.352 e. The molecular weight excluding hydrogens is 498 g/mol. The second kappa shape index (κ2) is 10.4. The van der Waals surface area contributed by atoms with Gasteiger partial charge in [0.15, 0.2) is 0 Å². The molecule has 39 heavy (non-hydrogen) atoms. The molecule has 0 saturated carbocycles. The van der Waals surface area contributed by atoms with Gasteiger partial charge in [0.25, 0.3) is 0 Å². The van der Waals surface area contributed by atoms with Crippen molar-refractivity contribution in [3.8, 4) is 0 Å². The molecule has 1 saturated heterocycles. The molecule has 2 heterocycles. The Morgan fingerprint density at radius 1 is 0.897 bits per heavy atom. The Labute approximate surface area is 226 Å². The average Bonchev–Trinajstić information content (AvgIpc) is 3.23. The fourth-order valence-corrected chi connectivity index (χ4v) is 6.11. The Balaban J connectivity index is 2.10. The molecule has 1 aliphatic heterocycles. The lowest BCUT2D eigenvalue weighted by Crippen LogP contribution is -2.71. The summed E-state index contributed by atoms with van der Waals surface area (Å²) in [5.74, 6) is -2.03. The highest BCUT2D eigenvalue weighted by Crippen LogP contribution is 2.61. The lowest BCUT2D eigenvalue weighted by Gasteiger charge is -2.55. The highest BCUT2D eigenvalue weighted by Gasteiger charge is 2.78. The highest BCUT2D eigenvalue weighted by molar-refractivity contribution is 5.55. The number of rotatable bonds is 8. The predicted octanol–water partition coefficient (Wildman–Crippen LogP) is 2.25. The van der Waals surface area contributed by atoms with E-state index in [1.54, 1.807) is 0 Å². The molecule has 0 bridgehead atoms. The summed E-state index contributed by atoms with van der Waals surface area (Å²) < 4.78 is 20.2. The minimum absolute atomic E-state index is 0.00817. The largest absolute Gasteiger partial charge is 0.394 e. The zero-order chi connectivity index (χ0) is 27.7. The number of nitrogens with two attached hydrogens (primary N) is 1. The smallest absolute Gasteiger partial charge is 0.352 e. The van der Waals surface area contributed by atoms with Crippen LogP contribution < -0.4 is 11.4 Å². The van der Waals surface area contributed by atoms with Gasteiger partial charge >= 0.3 is 5.69 Å². The van der Waals surface area contributed by atoms with Crippen LogP contribution in [0, 0.1) is 0 Å². The first-order chi connectivity index (χ1) is 18.9. The van der Waals surface area contributed by atoms with Crippen molar-refractivity contribution in [2.45, 2.75) is 29.1 Å². The van der Waals surface area contributed by atoms with Crippen LogP contribution >= 0.6 is 0 Å². The van der Waals surface area contributed by atoms with Gasteiger partial charge in [-0.05, 0) is 22.8 Å². The third kappa shape index (κ3) is 3.66. The van der Waals surface area contributed by atoms with Crippen molar-refractivity contribution in [1.29, 1.82) is 0 Å². The zero-order valence-electron chi connectivity index (χ0n) is 21.7. The molecule has 4 N–H and O–H groups in total. The van der Waals surface area contributed by atoms with Crippen molar-refractivity contribution < 1.29 is 24.4 Å². The SMILES string of the molecule is COC1(OC)[C@H](O)[C@@H](CO)O[C@]1(n1ccc(N)nc1=O)C(c1ccccc1)(c1ccccc1)c1ccccc1. The molecule has 0 unspecified atom stereocenters. The monoisotopic (exact) mass is 529 g/mol. The van der Waals surface area contributed by atoms with Crippen LogP contribution in [0.1, 0.15) is 16.7 Å². The van der Waals surface area contributed by atoms with Gasteiger partial charge in [-0.3, -0.25) is 4.57 Å². The van der Waals surface area contributed by atoms with E-state index in [0.29, 0.717) is 16.7 Å². The number of methoxy groups -OCH3 is 2. The third-order valence-electron chi connectivity index (χ3n) is 7.62. The lowest BCUT2D eigenvalue weighted by atomic mass is 9.59. The Morgan fingerprint density at radius 3 is 1.74 bits per heavy atom. The van der Waals surface area contributed by atoms with Crippen molar-refractivity contribution in [1.82, 2.24) is 9.55 Å². The Morgan fingerprint density at radius 2 is 1.36 bits per heavy atom. The minimum Gasteiger partial charge on any atom is -0.394 e. The van der Waals surface area contributed by atoms with Crippen molar-refractivity contribution >= 4 is 5.82 Å². The average molecular weight is 530 g/mol. The summed E-state index contributed by atoms with van der Waals surface area (Å²) in [7, 11) is 2.73. The minimum atomic E-state index is -2.04. The summed E-state index contributed by atoms with van der Waals surface area (Å²) in [6.45, 7) is -0.580. The van der Waals surface area contributed by atoms with E-state index >= 15 is 0 Å². The number of benzene rings is 3. The number of nitrogen functional groups attached to an aromatic ring is 1. The highest BCUT2D eigenvalue weighted by atomic mass is 16.7. The molecule has 202 valence electrons. The molecule has 4 aromatic rings. The van der Waals surface area contributed by atoms with Crippen molar-refractivity contribution in [3.63, 3.8) is 0 Å². The van der Waals surface area contributed by atoms with Crippen LogP contribution in [-0.2, 0) is 25.4 Å². The normalized spacial score (nSPS) is 22.6. The van der Waals surface area contributed by atoms with Gasteiger partial charge in [0.2, 0.25) is 11.5 Å². The number of nitrogens with zero attached hydrogens (tertiary/aromatic N) is 2. The van der Waals surface area contributed by atoms with Gasteiger partial charge in [-0.1, -0.05) is 91.0 Å². The van der Waals surface area contributed by atoms with Gasteiger partial charge in [-0.15, -0.1) is 0 Å². The topological polar surface area (TPSA) is 129 Å². The van der Waals surface area contributed by atoms with E-state index in [2.05, 4.69) is 4.98 Å². The van der Waals surface area contributed by atoms with Crippen LogP contribution in [-0.4, -0.2) is 58.6 Å². The Bertz CT molecular complexity index is 1360. The number of aromatic nitrogens is 2. The molecule has 1 aromatic heterocycles. The summed E-state index contributed by atoms with van der Waals surface area (Å²) in [4.78, 5) is 17.8. The first-order valence-corrected chi connectivity index (χ1v) is 12.5. The fourth-order valence-electron chi connectivity index (χ4n) is 6.11. The number of hydrogen-bond donors (Lipinski definition) is 3. The van der Waals surface area contributed by atoms with Crippen LogP contribution in [0.25, 0.3) is 0 Å². The van der Waals surface area contributed by atoms with Crippen LogP contribution in [0.2, 0.25) is 0 Å². The number of anilines is 1. The van der Waals surface area contributed by atoms with Crippen molar-refractivity contribution in [3.05, 3.63) is 130 Å². The first-order valence-electron chi connectivity index (χ1n) is 12.5. The van der Waals surface area contributed by atoms with Gasteiger partial charge in [-0.25, -0.2) is 4.79 Å². The summed E-state index contributed by atoms with van der Waals surface area (Å²) in [5, 5.41) is 22.2.